The number of aromatic amines is 2. The molecule has 0 aliphatic carbocycles. The van der Waals surface area contributed by atoms with E-state index in [0.29, 0.717) is 40.5 Å². The number of H-pyrrole nitrogens is 2. The fraction of sp³-hybridized carbons (Fsp3) is 0.286. The van der Waals surface area contributed by atoms with Gasteiger partial charge in [-0.1, -0.05) is 58.6 Å². The first-order valence-corrected chi connectivity index (χ1v) is 15.7. The number of hydrogen-bond donors (Lipinski definition) is 4. The van der Waals surface area contributed by atoms with E-state index >= 15 is 0 Å². The van der Waals surface area contributed by atoms with Crippen LogP contribution in [0.3, 0.4) is 0 Å². The number of nitrogens with zero attached hydrogens (tertiary/aromatic N) is 5. The fourth-order valence-corrected chi connectivity index (χ4v) is 4.81. The number of halogens is 1. The summed E-state index contributed by atoms with van der Waals surface area (Å²) >= 11 is 5.45. The Morgan fingerprint density at radius 1 is 1.09 bits per heavy atom. The van der Waals surface area contributed by atoms with E-state index in [-0.39, 0.29) is 11.7 Å². The van der Waals surface area contributed by atoms with Crippen LogP contribution in [0.2, 0.25) is 0 Å². The average molecular weight is 640 g/mol. The van der Waals surface area contributed by atoms with Crippen molar-refractivity contribution in [2.24, 2.45) is 5.92 Å². The van der Waals surface area contributed by atoms with Crippen LogP contribution in [0.5, 0.6) is 0 Å². The Hall–Kier alpha value is -4.74. The Bertz CT molecular complexity index is 1850. The number of hydrogen-bond acceptors (Lipinski definition) is 7. The normalized spacial score (nSPS) is 11.5. The topological polar surface area (TPSA) is 110 Å². The first kappa shape index (κ1) is 34.1. The number of aryl methyl sites for hydroxylation is 1. The highest BCUT2D eigenvalue weighted by Gasteiger charge is 2.20. The molecule has 1 aromatic carbocycles. The van der Waals surface area contributed by atoms with Crippen molar-refractivity contribution in [1.82, 2.24) is 35.0 Å². The van der Waals surface area contributed by atoms with E-state index in [2.05, 4.69) is 42.3 Å². The summed E-state index contributed by atoms with van der Waals surface area (Å²) in [5, 5.41) is 14.2. The van der Waals surface area contributed by atoms with Gasteiger partial charge in [-0.2, -0.15) is 5.10 Å². The maximum atomic E-state index is 14.8. The number of fused-ring (bicyclic) bond motifs is 1. The number of benzene rings is 1. The molecule has 240 valence electrons. The number of aromatic nitrogens is 6. The molecule has 46 heavy (non-hydrogen) atoms. The lowest BCUT2D eigenvalue weighted by molar-refractivity contribution is 0.425. The van der Waals surface area contributed by atoms with E-state index in [9.17, 15) is 4.39 Å². The van der Waals surface area contributed by atoms with Crippen molar-refractivity contribution in [2.45, 2.75) is 34.6 Å². The Morgan fingerprint density at radius 2 is 1.87 bits per heavy atom. The Balaban J connectivity index is 0.00000235. The Kier molecular flexibility index (Phi) is 11.5. The molecular formula is C35H42FN9S. The van der Waals surface area contributed by atoms with Crippen molar-refractivity contribution in [3.63, 3.8) is 0 Å². The van der Waals surface area contributed by atoms with Gasteiger partial charge in [-0.15, -0.1) is 0 Å². The average Bonchev–Trinajstić information content (AvgIpc) is 3.63. The third-order valence-electron chi connectivity index (χ3n) is 6.98. The van der Waals surface area contributed by atoms with Gasteiger partial charge in [0.15, 0.2) is 11.5 Å². The summed E-state index contributed by atoms with van der Waals surface area (Å²) < 4.78 is 14.8. The highest BCUT2D eigenvalue weighted by Crippen LogP contribution is 2.32. The molecule has 0 spiro atoms. The molecule has 0 bridgehead atoms. The second-order valence-electron chi connectivity index (χ2n) is 11.1. The predicted octanol–water partition coefficient (Wildman–Crippen LogP) is 7.87. The van der Waals surface area contributed by atoms with Crippen molar-refractivity contribution in [3.05, 3.63) is 90.3 Å². The van der Waals surface area contributed by atoms with E-state index in [4.69, 9.17) is 22.2 Å². The third kappa shape index (κ3) is 8.09. The highest BCUT2D eigenvalue weighted by atomic mass is 32.1. The van der Waals surface area contributed by atoms with Gasteiger partial charge in [0.25, 0.3) is 0 Å². The lowest BCUT2D eigenvalue weighted by atomic mass is 10.00. The first-order chi connectivity index (χ1) is 22.1. The van der Waals surface area contributed by atoms with Crippen LogP contribution < -0.4 is 10.6 Å². The van der Waals surface area contributed by atoms with Gasteiger partial charge < -0.3 is 20.5 Å². The number of rotatable bonds is 11. The quantitative estimate of drug-likeness (QED) is 0.0854. The molecule has 4 aromatic heterocycles. The van der Waals surface area contributed by atoms with Crippen molar-refractivity contribution in [1.29, 1.82) is 0 Å². The fourth-order valence-electron chi connectivity index (χ4n) is 4.70. The largest absolute Gasteiger partial charge is 0.384 e. The van der Waals surface area contributed by atoms with Crippen molar-refractivity contribution < 1.29 is 4.39 Å². The van der Waals surface area contributed by atoms with Crippen molar-refractivity contribution in [3.8, 4) is 22.8 Å². The Labute approximate surface area is 275 Å². The van der Waals surface area contributed by atoms with Gasteiger partial charge in [0.05, 0.1) is 33.8 Å². The number of nitrogens with one attached hydrogen (secondary N) is 4. The van der Waals surface area contributed by atoms with Gasteiger partial charge in [-0.3, -0.25) is 10.1 Å². The van der Waals surface area contributed by atoms with Crippen LogP contribution in [0.15, 0.2) is 67.5 Å². The minimum Gasteiger partial charge on any atom is -0.384 e. The minimum atomic E-state index is -0.340. The standard InChI is InChI=1S/C33H36FN9S.C2H6/c1-7-8-26(21-13-23(34)16-24(14-21)36-11-12-43(5)6)29-20(4)37-32(40-29)31-30-28(41-42-31)10-9-27(39-30)22-15-25(18-35-17-22)38-33(44)19(2)3;1-2/h7-10,13-19,36H,1,11-12H2,2-6H3,(H,37,40)(H,38,44)(H,41,42);1-2H3/b26-8-;. The summed E-state index contributed by atoms with van der Waals surface area (Å²) in [6.07, 6.45) is 7.02. The summed E-state index contributed by atoms with van der Waals surface area (Å²) in [5.74, 6) is 0.417. The van der Waals surface area contributed by atoms with E-state index < -0.39 is 0 Å². The molecule has 9 nitrogen and oxygen atoms in total. The minimum absolute atomic E-state index is 0.216. The van der Waals surface area contributed by atoms with Gasteiger partial charge >= 0.3 is 0 Å². The van der Waals surface area contributed by atoms with Gasteiger partial charge in [0, 0.05) is 47.7 Å². The molecule has 0 fully saturated rings. The summed E-state index contributed by atoms with van der Waals surface area (Å²) in [4.78, 5) is 20.4. The second-order valence-corrected chi connectivity index (χ2v) is 11.5. The van der Waals surface area contributed by atoms with Gasteiger partial charge in [0.2, 0.25) is 0 Å². The lowest BCUT2D eigenvalue weighted by Crippen LogP contribution is -2.20. The van der Waals surface area contributed by atoms with Gasteiger partial charge in [0.1, 0.15) is 11.3 Å². The number of thiocarbonyl (C=S) groups is 1. The van der Waals surface area contributed by atoms with Crippen LogP contribution in [0.4, 0.5) is 15.8 Å². The van der Waals surface area contributed by atoms with E-state index in [1.54, 1.807) is 18.5 Å². The molecule has 0 radical (unpaired) electrons. The number of anilines is 2. The Morgan fingerprint density at radius 3 is 2.59 bits per heavy atom. The van der Waals surface area contributed by atoms with E-state index in [1.807, 2.05) is 79.1 Å². The summed E-state index contributed by atoms with van der Waals surface area (Å²) in [5.41, 5.74) is 7.95. The molecule has 0 aliphatic rings. The molecule has 0 unspecified atom stereocenters. The molecule has 0 saturated carbocycles. The smallest absolute Gasteiger partial charge is 0.161 e. The van der Waals surface area contributed by atoms with Crippen LogP contribution in [-0.2, 0) is 0 Å². The lowest BCUT2D eigenvalue weighted by Gasteiger charge is -2.13. The zero-order chi connectivity index (χ0) is 33.4. The molecule has 11 heteroatoms. The van der Waals surface area contributed by atoms with E-state index in [1.165, 1.54) is 12.1 Å². The third-order valence-corrected chi connectivity index (χ3v) is 7.55. The molecule has 0 saturated heterocycles. The molecule has 4 heterocycles. The summed E-state index contributed by atoms with van der Waals surface area (Å²) in [6, 6.07) is 10.7. The molecule has 0 atom stereocenters. The van der Waals surface area contributed by atoms with Crippen molar-refractivity contribution >= 4 is 45.2 Å². The van der Waals surface area contributed by atoms with Gasteiger partial charge in [-0.05, 0) is 63.0 Å². The zero-order valence-corrected chi connectivity index (χ0v) is 28.3. The van der Waals surface area contributed by atoms with Crippen LogP contribution in [0.1, 0.15) is 44.6 Å². The molecular weight excluding hydrogens is 598 g/mol. The monoisotopic (exact) mass is 639 g/mol. The number of likely N-dealkylation sites (N-methyl/N-ethyl adjacent to an activating group) is 1. The van der Waals surface area contributed by atoms with Gasteiger partial charge in [-0.25, -0.2) is 14.4 Å². The number of imidazole rings is 1. The molecule has 5 rings (SSSR count). The number of pyridine rings is 2. The molecule has 4 N–H and O–H groups in total. The zero-order valence-electron chi connectivity index (χ0n) is 27.5. The maximum Gasteiger partial charge on any atom is 0.161 e. The SMILES string of the molecule is C=C/C=C(/c1cc(F)cc(NCCN(C)C)c1)c1nc(-c2n[nH]c3ccc(-c4cncc(NC(=S)C(C)C)c4)nc23)[nH]c1C.CC. The second kappa shape index (κ2) is 15.5. The molecule has 5 aromatic rings. The first-order valence-electron chi connectivity index (χ1n) is 15.3. The maximum absolute atomic E-state index is 14.8. The van der Waals surface area contributed by atoms with Crippen LogP contribution in [0.25, 0.3) is 39.4 Å². The predicted molar refractivity (Wildman–Crippen MR) is 193 cm³/mol. The van der Waals surface area contributed by atoms with Crippen LogP contribution >= 0.6 is 12.2 Å². The molecule has 0 aliphatic heterocycles. The molecule has 0 amide bonds. The summed E-state index contributed by atoms with van der Waals surface area (Å²) in [7, 11) is 4.00. The highest BCUT2D eigenvalue weighted by molar-refractivity contribution is 7.80. The number of allylic oxidation sites excluding steroid dienone is 2. The van der Waals surface area contributed by atoms with Crippen molar-refractivity contribution in [2.75, 3.05) is 37.8 Å². The van der Waals surface area contributed by atoms with Crippen LogP contribution in [0, 0.1) is 18.7 Å². The summed E-state index contributed by atoms with van der Waals surface area (Å²) in [6.45, 7) is 15.4. The van der Waals surface area contributed by atoms with Crippen LogP contribution in [-0.4, -0.2) is 67.2 Å². The van der Waals surface area contributed by atoms with E-state index in [0.717, 1.165) is 45.3 Å².